The van der Waals surface area contributed by atoms with Gasteiger partial charge in [0.05, 0.1) is 17.6 Å². The van der Waals surface area contributed by atoms with Gasteiger partial charge in [-0.2, -0.15) is 0 Å². The Balaban J connectivity index is 1.81. The second kappa shape index (κ2) is 9.57. The molecule has 0 spiro atoms. The van der Waals surface area contributed by atoms with Gasteiger partial charge in [-0.25, -0.2) is 4.79 Å². The number of nitrogens with zero attached hydrogens (tertiary/aromatic N) is 1. The van der Waals surface area contributed by atoms with Crippen molar-refractivity contribution >= 4 is 34.9 Å². The van der Waals surface area contributed by atoms with Gasteiger partial charge in [-0.05, 0) is 48.5 Å². The number of anilines is 1. The second-order valence-corrected chi connectivity index (χ2v) is 6.71. The first-order valence-corrected chi connectivity index (χ1v) is 9.31. The van der Waals surface area contributed by atoms with E-state index in [2.05, 4.69) is 17.2 Å². The van der Waals surface area contributed by atoms with E-state index in [-0.39, 0.29) is 16.3 Å². The molecule has 0 radical (unpaired) electrons. The van der Waals surface area contributed by atoms with Crippen LogP contribution in [0.25, 0.3) is 0 Å². The van der Waals surface area contributed by atoms with Crippen LogP contribution in [0, 0.1) is 22.0 Å². The zero-order valence-electron chi connectivity index (χ0n) is 16.2. The molecule has 0 bridgehead atoms. The number of carbonyl (C=O) groups excluding carboxylic acids is 2. The van der Waals surface area contributed by atoms with Crippen LogP contribution in [-0.4, -0.2) is 23.9 Å². The minimum Gasteiger partial charge on any atom is -0.465 e. The van der Waals surface area contributed by atoms with Crippen molar-refractivity contribution in [1.82, 2.24) is 0 Å². The number of nitro groups is 1. The highest BCUT2D eigenvalue weighted by atomic mass is 35.5. The van der Waals surface area contributed by atoms with E-state index in [1.807, 2.05) is 0 Å². The predicted molar refractivity (Wildman–Crippen MR) is 116 cm³/mol. The topological polar surface area (TPSA) is 98.5 Å². The van der Waals surface area contributed by atoms with Crippen LogP contribution in [0.2, 0.25) is 5.02 Å². The number of hydrogen-bond donors (Lipinski definition) is 1. The first-order valence-electron chi connectivity index (χ1n) is 8.93. The molecule has 7 nitrogen and oxygen atoms in total. The van der Waals surface area contributed by atoms with Gasteiger partial charge in [-0.3, -0.25) is 14.9 Å². The Morgan fingerprint density at radius 2 is 1.68 bits per heavy atom. The summed E-state index contributed by atoms with van der Waals surface area (Å²) < 4.78 is 4.70. The monoisotopic (exact) mass is 434 g/mol. The van der Waals surface area contributed by atoms with Crippen LogP contribution in [0.4, 0.5) is 11.4 Å². The molecule has 0 aromatic heterocycles. The Bertz CT molecular complexity index is 1240. The normalized spacial score (nSPS) is 9.87. The van der Waals surface area contributed by atoms with Crippen LogP contribution in [0.1, 0.15) is 31.8 Å². The van der Waals surface area contributed by atoms with Crippen LogP contribution >= 0.6 is 11.6 Å². The highest BCUT2D eigenvalue weighted by Crippen LogP contribution is 2.24. The summed E-state index contributed by atoms with van der Waals surface area (Å²) in [6.45, 7) is 0. The first-order chi connectivity index (χ1) is 14.9. The number of hydrogen-bond acceptors (Lipinski definition) is 5. The second-order valence-electron chi connectivity index (χ2n) is 6.28. The SMILES string of the molecule is COC(=O)c1cccc(C#Cc2cccc(NC(=O)c3ccc(Cl)cc3[N+](=O)[O-])c2)c1. The maximum atomic E-state index is 12.5. The lowest BCUT2D eigenvalue weighted by molar-refractivity contribution is -0.385. The summed E-state index contributed by atoms with van der Waals surface area (Å²) in [7, 11) is 1.30. The summed E-state index contributed by atoms with van der Waals surface area (Å²) >= 11 is 5.79. The van der Waals surface area contributed by atoms with Crippen molar-refractivity contribution in [3.05, 3.63) is 104 Å². The predicted octanol–water partition coefficient (Wildman–Crippen LogP) is 4.69. The Morgan fingerprint density at radius 1 is 1.00 bits per heavy atom. The average Bonchev–Trinajstić information content (AvgIpc) is 2.77. The van der Waals surface area contributed by atoms with Gasteiger partial charge in [0.1, 0.15) is 5.56 Å². The Morgan fingerprint density at radius 3 is 2.35 bits per heavy atom. The summed E-state index contributed by atoms with van der Waals surface area (Å²) in [5.74, 6) is 4.81. The number of carbonyl (C=O) groups is 2. The van der Waals surface area contributed by atoms with E-state index in [4.69, 9.17) is 16.3 Å². The van der Waals surface area contributed by atoms with Crippen LogP contribution < -0.4 is 5.32 Å². The molecule has 31 heavy (non-hydrogen) atoms. The number of benzene rings is 3. The summed E-state index contributed by atoms with van der Waals surface area (Å²) in [6.07, 6.45) is 0. The number of amides is 1. The van der Waals surface area contributed by atoms with Crippen LogP contribution in [0.15, 0.2) is 66.7 Å². The van der Waals surface area contributed by atoms with E-state index >= 15 is 0 Å². The first kappa shape index (κ1) is 21.6. The van der Waals surface area contributed by atoms with E-state index < -0.39 is 16.8 Å². The molecule has 0 fully saturated rings. The standard InChI is InChI=1S/C23H15ClN2O5/c1-31-23(28)17-6-2-4-15(12-17)8-9-16-5-3-7-19(13-16)25-22(27)20-11-10-18(24)14-21(20)26(29)30/h2-7,10-14H,1H3,(H,25,27). The van der Waals surface area contributed by atoms with Crippen molar-refractivity contribution in [2.24, 2.45) is 0 Å². The smallest absolute Gasteiger partial charge is 0.337 e. The molecule has 8 heteroatoms. The number of nitrogens with one attached hydrogen (secondary N) is 1. The van der Waals surface area contributed by atoms with Gasteiger partial charge in [0.25, 0.3) is 11.6 Å². The lowest BCUT2D eigenvalue weighted by Crippen LogP contribution is -2.14. The number of methoxy groups -OCH3 is 1. The zero-order chi connectivity index (χ0) is 22.4. The maximum Gasteiger partial charge on any atom is 0.337 e. The molecule has 0 saturated carbocycles. The van der Waals surface area contributed by atoms with Crippen molar-refractivity contribution in [2.45, 2.75) is 0 Å². The third-order valence-electron chi connectivity index (χ3n) is 4.16. The molecule has 3 rings (SSSR count). The Kier molecular flexibility index (Phi) is 6.65. The molecule has 0 saturated heterocycles. The number of halogens is 1. The van der Waals surface area contributed by atoms with E-state index in [1.165, 1.54) is 19.2 Å². The molecule has 3 aromatic rings. The Labute approximate surface area is 182 Å². The lowest BCUT2D eigenvalue weighted by atomic mass is 10.1. The van der Waals surface area contributed by atoms with Crippen LogP contribution in [-0.2, 0) is 4.74 Å². The quantitative estimate of drug-likeness (QED) is 0.278. The van der Waals surface area contributed by atoms with Gasteiger partial charge in [0.15, 0.2) is 0 Å². The minimum absolute atomic E-state index is 0.106. The molecule has 154 valence electrons. The zero-order valence-corrected chi connectivity index (χ0v) is 17.0. The van der Waals surface area contributed by atoms with Crippen molar-refractivity contribution in [1.29, 1.82) is 0 Å². The molecule has 0 aliphatic rings. The van der Waals surface area contributed by atoms with Gasteiger partial charge >= 0.3 is 5.97 Å². The summed E-state index contributed by atoms with van der Waals surface area (Å²) in [6, 6.07) is 17.3. The molecule has 3 aromatic carbocycles. The molecule has 0 unspecified atom stereocenters. The van der Waals surface area contributed by atoms with E-state index in [0.717, 1.165) is 6.07 Å². The molecule has 0 aliphatic carbocycles. The van der Waals surface area contributed by atoms with Gasteiger partial charge in [0.2, 0.25) is 0 Å². The third kappa shape index (κ3) is 5.47. The van der Waals surface area contributed by atoms with E-state index in [9.17, 15) is 19.7 Å². The van der Waals surface area contributed by atoms with Crippen LogP contribution in [0.5, 0.6) is 0 Å². The fourth-order valence-corrected chi connectivity index (χ4v) is 2.87. The molecule has 0 heterocycles. The fourth-order valence-electron chi connectivity index (χ4n) is 2.71. The Hall–Kier alpha value is -4.15. The average molecular weight is 435 g/mol. The van der Waals surface area contributed by atoms with Gasteiger partial charge in [0, 0.05) is 27.9 Å². The molecular formula is C23H15ClN2O5. The fraction of sp³-hybridized carbons (Fsp3) is 0.0435. The molecule has 0 aliphatic heterocycles. The highest BCUT2D eigenvalue weighted by molar-refractivity contribution is 6.31. The van der Waals surface area contributed by atoms with Gasteiger partial charge < -0.3 is 10.1 Å². The number of ether oxygens (including phenoxy) is 1. The maximum absolute atomic E-state index is 12.5. The summed E-state index contributed by atoms with van der Waals surface area (Å²) in [5.41, 5.74) is 1.54. The van der Waals surface area contributed by atoms with Crippen molar-refractivity contribution in [3.8, 4) is 11.8 Å². The van der Waals surface area contributed by atoms with Crippen molar-refractivity contribution < 1.29 is 19.2 Å². The largest absolute Gasteiger partial charge is 0.465 e. The van der Waals surface area contributed by atoms with Crippen molar-refractivity contribution in [2.75, 3.05) is 12.4 Å². The lowest BCUT2D eigenvalue weighted by Gasteiger charge is -2.06. The minimum atomic E-state index is -0.662. The van der Waals surface area contributed by atoms with Gasteiger partial charge in [-0.15, -0.1) is 0 Å². The van der Waals surface area contributed by atoms with Crippen molar-refractivity contribution in [3.63, 3.8) is 0 Å². The number of rotatable bonds is 4. The summed E-state index contributed by atoms with van der Waals surface area (Å²) in [4.78, 5) is 34.7. The molecule has 1 amide bonds. The molecule has 1 N–H and O–H groups in total. The van der Waals surface area contributed by atoms with E-state index in [1.54, 1.807) is 48.5 Å². The third-order valence-corrected chi connectivity index (χ3v) is 4.39. The van der Waals surface area contributed by atoms with Gasteiger partial charge in [-0.1, -0.05) is 35.6 Å². The number of esters is 1. The molecule has 0 atom stereocenters. The van der Waals surface area contributed by atoms with Crippen LogP contribution in [0.3, 0.4) is 0 Å². The highest BCUT2D eigenvalue weighted by Gasteiger charge is 2.20. The van der Waals surface area contributed by atoms with E-state index in [0.29, 0.717) is 22.4 Å². The number of nitro benzene ring substituents is 1. The summed E-state index contributed by atoms with van der Waals surface area (Å²) in [5, 5.41) is 14.0. The molecular weight excluding hydrogens is 420 g/mol.